The van der Waals surface area contributed by atoms with E-state index in [4.69, 9.17) is 14.5 Å². The van der Waals surface area contributed by atoms with Crippen LogP contribution in [0.4, 0.5) is 5.13 Å². The van der Waals surface area contributed by atoms with Crippen molar-refractivity contribution in [1.29, 1.82) is 0 Å². The molecule has 1 amide bonds. The summed E-state index contributed by atoms with van der Waals surface area (Å²) >= 11 is 1.50. The van der Waals surface area contributed by atoms with Crippen molar-refractivity contribution in [2.24, 2.45) is 0 Å². The zero-order valence-electron chi connectivity index (χ0n) is 16.3. The van der Waals surface area contributed by atoms with Crippen LogP contribution in [-0.4, -0.2) is 47.0 Å². The fourth-order valence-corrected chi connectivity index (χ4v) is 4.53. The second-order valence-corrected chi connectivity index (χ2v) is 8.04. The third-order valence-corrected chi connectivity index (χ3v) is 5.96. The molecular formula is C20H24N4O3S. The molecule has 0 saturated carbocycles. The second-order valence-electron chi connectivity index (χ2n) is 7.03. The van der Waals surface area contributed by atoms with E-state index in [1.54, 1.807) is 16.7 Å². The maximum Gasteiger partial charge on any atom is 0.250 e. The van der Waals surface area contributed by atoms with Crippen molar-refractivity contribution >= 4 is 32.6 Å². The molecule has 1 aliphatic rings. The highest BCUT2D eigenvalue weighted by Gasteiger charge is 2.27. The van der Waals surface area contributed by atoms with Gasteiger partial charge in [0, 0.05) is 12.3 Å². The fourth-order valence-electron chi connectivity index (χ4n) is 3.52. The smallest absolute Gasteiger partial charge is 0.250 e. The molecule has 28 heavy (non-hydrogen) atoms. The summed E-state index contributed by atoms with van der Waals surface area (Å²) < 4.78 is 14.0. The highest BCUT2D eigenvalue weighted by Crippen LogP contribution is 2.34. The predicted octanol–water partition coefficient (Wildman–Crippen LogP) is 3.33. The Balaban J connectivity index is 1.66. The average molecular weight is 401 g/mol. The van der Waals surface area contributed by atoms with Crippen LogP contribution in [0.25, 0.3) is 10.2 Å². The van der Waals surface area contributed by atoms with Crippen LogP contribution in [0.2, 0.25) is 0 Å². The minimum atomic E-state index is -0.0419. The van der Waals surface area contributed by atoms with E-state index < -0.39 is 0 Å². The van der Waals surface area contributed by atoms with Gasteiger partial charge in [-0.05, 0) is 44.9 Å². The molecule has 8 heteroatoms. The highest BCUT2D eigenvalue weighted by atomic mass is 32.1. The van der Waals surface area contributed by atoms with Crippen molar-refractivity contribution < 1.29 is 14.3 Å². The van der Waals surface area contributed by atoms with Gasteiger partial charge in [0.1, 0.15) is 17.8 Å². The molecule has 3 aromatic rings. The number of para-hydroxylation sites is 1. The number of benzene rings is 1. The van der Waals surface area contributed by atoms with Crippen LogP contribution in [0.1, 0.15) is 24.2 Å². The van der Waals surface area contributed by atoms with Gasteiger partial charge in [0.2, 0.25) is 0 Å². The van der Waals surface area contributed by atoms with Gasteiger partial charge in [-0.3, -0.25) is 14.4 Å². The largest absolute Gasteiger partial charge is 0.494 e. The number of ether oxygens (including phenoxy) is 2. The first-order chi connectivity index (χ1) is 13.5. The molecule has 1 fully saturated rings. The first-order valence-corrected chi connectivity index (χ1v) is 10.2. The quantitative estimate of drug-likeness (QED) is 0.635. The van der Waals surface area contributed by atoms with E-state index in [1.165, 1.54) is 11.3 Å². The summed E-state index contributed by atoms with van der Waals surface area (Å²) in [4.78, 5) is 19.7. The summed E-state index contributed by atoms with van der Waals surface area (Å²) in [6.07, 6.45) is 2.02. The topological polar surface area (TPSA) is 69.5 Å². The molecule has 1 saturated heterocycles. The molecular weight excluding hydrogens is 376 g/mol. The standard InChI is InChI=1S/C20H24N4O3S/c1-13-10-14(2)24(22-13)12-18(25)23(11-15-6-5-9-27-15)20-21-19-16(26-3)7-4-8-17(19)28-20/h4,7-8,10,15H,5-6,9,11-12H2,1-3H3. The molecule has 2 aromatic heterocycles. The molecule has 0 N–H and O–H groups in total. The van der Waals surface area contributed by atoms with E-state index in [9.17, 15) is 4.79 Å². The summed E-state index contributed by atoms with van der Waals surface area (Å²) in [5.74, 6) is 0.669. The molecule has 1 unspecified atom stereocenters. The van der Waals surface area contributed by atoms with Crippen LogP contribution in [0.5, 0.6) is 5.75 Å². The van der Waals surface area contributed by atoms with E-state index in [1.807, 2.05) is 38.1 Å². The summed E-state index contributed by atoms with van der Waals surface area (Å²) in [6, 6.07) is 7.79. The first-order valence-electron chi connectivity index (χ1n) is 9.41. The van der Waals surface area contributed by atoms with Gasteiger partial charge in [-0.15, -0.1) is 0 Å². The van der Waals surface area contributed by atoms with Gasteiger partial charge in [0.25, 0.3) is 5.91 Å². The Morgan fingerprint density at radius 2 is 2.29 bits per heavy atom. The zero-order valence-corrected chi connectivity index (χ0v) is 17.2. The molecule has 4 rings (SSSR count). The minimum Gasteiger partial charge on any atom is -0.494 e. The lowest BCUT2D eigenvalue weighted by molar-refractivity contribution is -0.119. The Labute approximate surface area is 167 Å². The second kappa shape index (κ2) is 7.89. The van der Waals surface area contributed by atoms with Crippen molar-refractivity contribution in [3.05, 3.63) is 35.7 Å². The van der Waals surface area contributed by atoms with Gasteiger partial charge in [-0.2, -0.15) is 5.10 Å². The third kappa shape index (κ3) is 3.74. The number of carbonyl (C=O) groups excluding carboxylic acids is 1. The summed E-state index contributed by atoms with van der Waals surface area (Å²) in [5, 5.41) is 5.10. The number of hydrogen-bond acceptors (Lipinski definition) is 6. The van der Waals surface area contributed by atoms with Crippen LogP contribution in [0, 0.1) is 13.8 Å². The molecule has 0 bridgehead atoms. The number of nitrogens with zero attached hydrogens (tertiary/aromatic N) is 4. The van der Waals surface area contributed by atoms with Gasteiger partial charge in [0.05, 0.1) is 30.2 Å². The summed E-state index contributed by atoms with van der Waals surface area (Å²) in [5.41, 5.74) is 2.65. The third-order valence-electron chi connectivity index (χ3n) is 4.92. The highest BCUT2D eigenvalue weighted by molar-refractivity contribution is 7.22. The minimum absolute atomic E-state index is 0.0401. The number of amides is 1. The summed E-state index contributed by atoms with van der Waals surface area (Å²) in [7, 11) is 1.63. The molecule has 3 heterocycles. The number of anilines is 1. The molecule has 0 radical (unpaired) electrons. The van der Waals surface area contributed by atoms with Crippen LogP contribution in [-0.2, 0) is 16.1 Å². The SMILES string of the molecule is COc1cccc2sc(N(CC3CCCO3)C(=O)Cn3nc(C)cc3C)nc12. The van der Waals surface area contributed by atoms with Crippen LogP contribution >= 0.6 is 11.3 Å². The van der Waals surface area contributed by atoms with E-state index >= 15 is 0 Å². The molecule has 1 atom stereocenters. The fraction of sp³-hybridized carbons (Fsp3) is 0.450. The van der Waals surface area contributed by atoms with Crippen molar-refractivity contribution in [3.63, 3.8) is 0 Å². The van der Waals surface area contributed by atoms with Gasteiger partial charge in [-0.25, -0.2) is 4.98 Å². The number of rotatable bonds is 6. The van der Waals surface area contributed by atoms with Crippen molar-refractivity contribution in [1.82, 2.24) is 14.8 Å². The van der Waals surface area contributed by atoms with Gasteiger partial charge >= 0.3 is 0 Å². The van der Waals surface area contributed by atoms with Crippen LogP contribution in [0.15, 0.2) is 24.3 Å². The van der Waals surface area contributed by atoms with Crippen LogP contribution < -0.4 is 9.64 Å². The first kappa shape index (κ1) is 18.9. The molecule has 1 aromatic carbocycles. The number of hydrogen-bond donors (Lipinski definition) is 0. The molecule has 148 valence electrons. The normalized spacial score (nSPS) is 16.6. The van der Waals surface area contributed by atoms with Gasteiger partial charge in [-0.1, -0.05) is 17.4 Å². The maximum absolute atomic E-state index is 13.2. The molecule has 0 aliphatic carbocycles. The molecule has 1 aliphatic heterocycles. The van der Waals surface area contributed by atoms with Crippen molar-refractivity contribution in [2.45, 2.75) is 39.3 Å². The molecule has 0 spiro atoms. The molecule has 7 nitrogen and oxygen atoms in total. The van der Waals surface area contributed by atoms with E-state index in [0.29, 0.717) is 17.4 Å². The zero-order chi connectivity index (χ0) is 19.7. The lowest BCUT2D eigenvalue weighted by Crippen LogP contribution is -2.39. The van der Waals surface area contributed by atoms with E-state index in [2.05, 4.69) is 5.10 Å². The van der Waals surface area contributed by atoms with Gasteiger partial charge < -0.3 is 9.47 Å². The van der Waals surface area contributed by atoms with Crippen molar-refractivity contribution in [3.8, 4) is 5.75 Å². The number of carbonyl (C=O) groups is 1. The monoisotopic (exact) mass is 400 g/mol. The number of aromatic nitrogens is 3. The Morgan fingerprint density at radius 1 is 1.43 bits per heavy atom. The number of aryl methyl sites for hydroxylation is 2. The Bertz CT molecular complexity index is 991. The van der Waals surface area contributed by atoms with Crippen LogP contribution in [0.3, 0.4) is 0 Å². The Hall–Kier alpha value is -2.45. The lowest BCUT2D eigenvalue weighted by atomic mass is 10.2. The lowest BCUT2D eigenvalue weighted by Gasteiger charge is -2.23. The van der Waals surface area contributed by atoms with E-state index in [0.717, 1.165) is 41.1 Å². The van der Waals surface area contributed by atoms with E-state index in [-0.39, 0.29) is 18.6 Å². The predicted molar refractivity (Wildman–Crippen MR) is 109 cm³/mol. The average Bonchev–Trinajstić information content (AvgIpc) is 3.39. The van der Waals surface area contributed by atoms with Crippen molar-refractivity contribution in [2.75, 3.05) is 25.2 Å². The Kier molecular flexibility index (Phi) is 5.32. The maximum atomic E-state index is 13.2. The number of thiazole rings is 1. The van der Waals surface area contributed by atoms with Gasteiger partial charge in [0.15, 0.2) is 5.13 Å². The summed E-state index contributed by atoms with van der Waals surface area (Å²) in [6.45, 7) is 5.32. The number of fused-ring (bicyclic) bond motifs is 1. The Morgan fingerprint density at radius 3 is 2.96 bits per heavy atom. The number of methoxy groups -OCH3 is 1.